The van der Waals surface area contributed by atoms with E-state index >= 15 is 0 Å². The monoisotopic (exact) mass is 316 g/mol. The molecule has 0 saturated carbocycles. The molecule has 17 heavy (non-hydrogen) atoms. The average Bonchev–Trinajstić information content (AvgIpc) is 2.74. The van der Waals surface area contributed by atoms with E-state index in [0.717, 1.165) is 25.6 Å². The van der Waals surface area contributed by atoms with Gasteiger partial charge in [-0.3, -0.25) is 4.90 Å². The van der Waals surface area contributed by atoms with Crippen LogP contribution in [-0.2, 0) is 6.54 Å². The molecule has 2 unspecified atom stereocenters. The molecule has 0 amide bonds. The molecule has 2 heterocycles. The fraction of sp³-hybridized carbons (Fsp3) is 0.692. The van der Waals surface area contributed by atoms with Crippen LogP contribution in [0.4, 0.5) is 0 Å². The minimum atomic E-state index is 0.689. The second kappa shape index (κ2) is 6.32. The van der Waals surface area contributed by atoms with Gasteiger partial charge in [0.1, 0.15) is 0 Å². The largest absolute Gasteiger partial charge is 0.314 e. The Bertz CT molecular complexity index is 353. The quantitative estimate of drug-likeness (QED) is 0.916. The number of thiophene rings is 1. The maximum Gasteiger partial charge on any atom is 0.0701 e. The highest BCUT2D eigenvalue weighted by Gasteiger charge is 2.26. The van der Waals surface area contributed by atoms with Gasteiger partial charge in [-0.05, 0) is 34.0 Å². The van der Waals surface area contributed by atoms with E-state index in [1.54, 1.807) is 0 Å². The standard InChI is InChI=1S/C13H21BrN2S/c1-3-10(2)12-8-15-6-7-16(12)9-11-4-5-13(14)17-11/h4-5,10,12,15H,3,6-9H2,1-2H3. The van der Waals surface area contributed by atoms with Crippen LogP contribution in [-0.4, -0.2) is 30.6 Å². The number of nitrogens with one attached hydrogen (secondary N) is 1. The molecule has 0 aromatic carbocycles. The Kier molecular flexibility index (Phi) is 5.03. The van der Waals surface area contributed by atoms with Crippen molar-refractivity contribution in [2.75, 3.05) is 19.6 Å². The van der Waals surface area contributed by atoms with Gasteiger partial charge in [-0.1, -0.05) is 20.3 Å². The first-order valence-corrected chi connectivity index (χ1v) is 8.00. The zero-order valence-electron chi connectivity index (χ0n) is 10.6. The third-order valence-electron chi connectivity index (χ3n) is 3.69. The molecule has 96 valence electrons. The Morgan fingerprint density at radius 1 is 1.59 bits per heavy atom. The summed E-state index contributed by atoms with van der Waals surface area (Å²) in [6.07, 6.45) is 1.26. The first-order chi connectivity index (χ1) is 8.20. The molecule has 1 aromatic heterocycles. The third kappa shape index (κ3) is 3.53. The van der Waals surface area contributed by atoms with Crippen molar-refractivity contribution in [3.05, 3.63) is 20.8 Å². The van der Waals surface area contributed by atoms with Crippen LogP contribution in [0.2, 0.25) is 0 Å². The highest BCUT2D eigenvalue weighted by Crippen LogP contribution is 2.25. The summed E-state index contributed by atoms with van der Waals surface area (Å²) in [6, 6.07) is 5.08. The molecule has 0 radical (unpaired) electrons. The van der Waals surface area contributed by atoms with Crippen LogP contribution in [0.25, 0.3) is 0 Å². The van der Waals surface area contributed by atoms with Crippen molar-refractivity contribution >= 4 is 27.3 Å². The Balaban J connectivity index is 2.01. The van der Waals surface area contributed by atoms with Crippen LogP contribution < -0.4 is 5.32 Å². The predicted octanol–water partition coefficient (Wildman–Crippen LogP) is 3.33. The number of hydrogen-bond acceptors (Lipinski definition) is 3. The lowest BCUT2D eigenvalue weighted by atomic mass is 9.96. The first-order valence-electron chi connectivity index (χ1n) is 6.39. The van der Waals surface area contributed by atoms with Gasteiger partial charge in [0, 0.05) is 37.1 Å². The number of rotatable bonds is 4. The van der Waals surface area contributed by atoms with E-state index in [9.17, 15) is 0 Å². The van der Waals surface area contributed by atoms with Crippen molar-refractivity contribution in [2.24, 2.45) is 5.92 Å². The van der Waals surface area contributed by atoms with Crippen LogP contribution in [0.3, 0.4) is 0 Å². The van der Waals surface area contributed by atoms with E-state index in [1.807, 2.05) is 11.3 Å². The second-order valence-corrected chi connectivity index (χ2v) is 7.38. The molecule has 1 aromatic rings. The average molecular weight is 317 g/mol. The van der Waals surface area contributed by atoms with Gasteiger partial charge >= 0.3 is 0 Å². The minimum absolute atomic E-state index is 0.689. The van der Waals surface area contributed by atoms with E-state index in [4.69, 9.17) is 0 Å². The van der Waals surface area contributed by atoms with Crippen LogP contribution >= 0.6 is 27.3 Å². The van der Waals surface area contributed by atoms with Crippen molar-refractivity contribution in [1.82, 2.24) is 10.2 Å². The minimum Gasteiger partial charge on any atom is -0.314 e. The lowest BCUT2D eigenvalue weighted by Gasteiger charge is -2.39. The van der Waals surface area contributed by atoms with Crippen molar-refractivity contribution < 1.29 is 0 Å². The number of halogens is 1. The topological polar surface area (TPSA) is 15.3 Å². The van der Waals surface area contributed by atoms with Crippen LogP contribution in [0.1, 0.15) is 25.1 Å². The molecular formula is C13H21BrN2S. The van der Waals surface area contributed by atoms with E-state index in [2.05, 4.69) is 52.1 Å². The zero-order chi connectivity index (χ0) is 12.3. The highest BCUT2D eigenvalue weighted by molar-refractivity contribution is 9.11. The lowest BCUT2D eigenvalue weighted by molar-refractivity contribution is 0.110. The Hall–Kier alpha value is 0.1000. The Morgan fingerprint density at radius 3 is 3.06 bits per heavy atom. The fourth-order valence-electron chi connectivity index (χ4n) is 2.43. The van der Waals surface area contributed by atoms with Gasteiger partial charge in [-0.2, -0.15) is 0 Å². The summed E-state index contributed by atoms with van der Waals surface area (Å²) in [6.45, 7) is 9.20. The zero-order valence-corrected chi connectivity index (χ0v) is 13.0. The molecule has 1 N–H and O–H groups in total. The summed E-state index contributed by atoms with van der Waals surface area (Å²) in [5.74, 6) is 0.770. The first kappa shape index (κ1) is 13.5. The number of piperazine rings is 1. The van der Waals surface area contributed by atoms with Crippen molar-refractivity contribution in [3.63, 3.8) is 0 Å². The molecule has 0 bridgehead atoms. The molecule has 2 atom stereocenters. The summed E-state index contributed by atoms with van der Waals surface area (Å²) in [5.41, 5.74) is 0. The predicted molar refractivity (Wildman–Crippen MR) is 78.5 cm³/mol. The fourth-order valence-corrected chi connectivity index (χ4v) is 3.94. The Morgan fingerprint density at radius 2 is 2.41 bits per heavy atom. The van der Waals surface area contributed by atoms with E-state index in [0.29, 0.717) is 6.04 Å². The van der Waals surface area contributed by atoms with Crippen LogP contribution in [0.5, 0.6) is 0 Å². The summed E-state index contributed by atoms with van der Waals surface area (Å²) in [7, 11) is 0. The third-order valence-corrected chi connectivity index (χ3v) is 5.30. The van der Waals surface area contributed by atoms with Crippen molar-refractivity contribution in [3.8, 4) is 0 Å². The maximum atomic E-state index is 3.54. The van der Waals surface area contributed by atoms with Gasteiger partial charge in [-0.25, -0.2) is 0 Å². The lowest BCUT2D eigenvalue weighted by Crippen LogP contribution is -2.53. The number of nitrogens with zero attached hydrogens (tertiary/aromatic N) is 1. The highest BCUT2D eigenvalue weighted by atomic mass is 79.9. The molecule has 0 aliphatic carbocycles. The molecule has 4 heteroatoms. The maximum absolute atomic E-state index is 3.54. The molecule has 1 saturated heterocycles. The summed E-state index contributed by atoms with van der Waals surface area (Å²) < 4.78 is 1.24. The second-order valence-electron chi connectivity index (χ2n) is 4.83. The van der Waals surface area contributed by atoms with Gasteiger partial charge in [0.05, 0.1) is 3.79 Å². The molecule has 1 fully saturated rings. The smallest absolute Gasteiger partial charge is 0.0701 e. The van der Waals surface area contributed by atoms with Gasteiger partial charge in [0.15, 0.2) is 0 Å². The molecule has 2 rings (SSSR count). The normalized spacial score (nSPS) is 23.8. The van der Waals surface area contributed by atoms with Crippen LogP contribution in [0.15, 0.2) is 15.9 Å². The molecule has 1 aliphatic heterocycles. The molecule has 1 aliphatic rings. The van der Waals surface area contributed by atoms with Gasteiger partial charge in [0.2, 0.25) is 0 Å². The SMILES string of the molecule is CCC(C)C1CNCCN1Cc1ccc(Br)s1. The van der Waals surface area contributed by atoms with Crippen molar-refractivity contribution in [1.29, 1.82) is 0 Å². The molecule has 2 nitrogen and oxygen atoms in total. The molecular weight excluding hydrogens is 296 g/mol. The summed E-state index contributed by atoms with van der Waals surface area (Å²) >= 11 is 5.40. The van der Waals surface area contributed by atoms with Gasteiger partial charge in [0.25, 0.3) is 0 Å². The Labute approximate surface area is 117 Å². The van der Waals surface area contributed by atoms with Gasteiger partial charge in [-0.15, -0.1) is 11.3 Å². The summed E-state index contributed by atoms with van der Waals surface area (Å²) in [5, 5.41) is 3.52. The van der Waals surface area contributed by atoms with Crippen molar-refractivity contribution in [2.45, 2.75) is 32.9 Å². The number of hydrogen-bond donors (Lipinski definition) is 1. The molecule has 0 spiro atoms. The van der Waals surface area contributed by atoms with E-state index in [-0.39, 0.29) is 0 Å². The van der Waals surface area contributed by atoms with E-state index in [1.165, 1.54) is 21.6 Å². The van der Waals surface area contributed by atoms with Gasteiger partial charge < -0.3 is 5.32 Å². The van der Waals surface area contributed by atoms with E-state index < -0.39 is 0 Å². The summed E-state index contributed by atoms with van der Waals surface area (Å²) in [4.78, 5) is 4.11. The van der Waals surface area contributed by atoms with Crippen LogP contribution in [0, 0.1) is 5.92 Å².